The summed E-state index contributed by atoms with van der Waals surface area (Å²) in [4.78, 5) is 10.6. The molecule has 1 rings (SSSR count). The molecule has 1 aromatic rings. The van der Waals surface area contributed by atoms with Crippen LogP contribution < -0.4 is 10.1 Å². The SMILES string of the molecule is COCCOc1cc(C[C@@H](NC=O)C(C)C)ccc1F. The molecule has 0 aliphatic heterocycles. The molecule has 5 heteroatoms. The Bertz CT molecular complexity index is 424. The maximum atomic E-state index is 13.6. The van der Waals surface area contributed by atoms with Gasteiger partial charge >= 0.3 is 0 Å². The summed E-state index contributed by atoms with van der Waals surface area (Å²) in [6.07, 6.45) is 1.33. The molecule has 0 unspecified atom stereocenters. The number of amides is 1. The lowest BCUT2D eigenvalue weighted by Crippen LogP contribution is -2.34. The molecule has 0 heterocycles. The maximum Gasteiger partial charge on any atom is 0.207 e. The normalized spacial score (nSPS) is 12.2. The molecule has 1 amide bonds. The van der Waals surface area contributed by atoms with E-state index in [1.165, 1.54) is 6.07 Å². The lowest BCUT2D eigenvalue weighted by atomic mass is 9.96. The van der Waals surface area contributed by atoms with E-state index >= 15 is 0 Å². The fraction of sp³-hybridized carbons (Fsp3) is 0.533. The van der Waals surface area contributed by atoms with Gasteiger partial charge in [-0.1, -0.05) is 19.9 Å². The third kappa shape index (κ3) is 5.17. The Morgan fingerprint density at radius 2 is 2.10 bits per heavy atom. The number of hydrogen-bond donors (Lipinski definition) is 1. The van der Waals surface area contributed by atoms with Crippen molar-refractivity contribution in [2.75, 3.05) is 20.3 Å². The molecule has 4 nitrogen and oxygen atoms in total. The number of methoxy groups -OCH3 is 1. The summed E-state index contributed by atoms with van der Waals surface area (Å²) in [5, 5.41) is 2.78. The Morgan fingerprint density at radius 3 is 2.70 bits per heavy atom. The van der Waals surface area contributed by atoms with Gasteiger partial charge in [-0.15, -0.1) is 0 Å². The quantitative estimate of drug-likeness (QED) is 0.558. The number of rotatable bonds is 9. The van der Waals surface area contributed by atoms with Gasteiger partial charge in [-0.3, -0.25) is 4.79 Å². The second-order valence-electron chi connectivity index (χ2n) is 4.95. The number of hydrogen-bond acceptors (Lipinski definition) is 3. The zero-order chi connectivity index (χ0) is 15.0. The monoisotopic (exact) mass is 283 g/mol. The maximum absolute atomic E-state index is 13.6. The molecule has 0 spiro atoms. The summed E-state index contributed by atoms with van der Waals surface area (Å²) < 4.78 is 23.8. The van der Waals surface area contributed by atoms with E-state index in [4.69, 9.17) is 9.47 Å². The number of ether oxygens (including phenoxy) is 2. The van der Waals surface area contributed by atoms with E-state index in [0.29, 0.717) is 32.0 Å². The average molecular weight is 283 g/mol. The molecule has 1 atom stereocenters. The first-order valence-electron chi connectivity index (χ1n) is 6.68. The van der Waals surface area contributed by atoms with Gasteiger partial charge in [-0.25, -0.2) is 4.39 Å². The summed E-state index contributed by atoms with van der Waals surface area (Å²) in [6.45, 7) is 4.77. The van der Waals surface area contributed by atoms with Gasteiger partial charge in [0.05, 0.1) is 6.61 Å². The number of carbonyl (C=O) groups is 1. The average Bonchev–Trinajstić information content (AvgIpc) is 2.41. The Balaban J connectivity index is 2.74. The van der Waals surface area contributed by atoms with E-state index in [0.717, 1.165) is 5.56 Å². The predicted molar refractivity (Wildman–Crippen MR) is 75.3 cm³/mol. The fourth-order valence-electron chi connectivity index (χ4n) is 1.85. The third-order valence-corrected chi connectivity index (χ3v) is 3.08. The molecule has 0 bridgehead atoms. The summed E-state index contributed by atoms with van der Waals surface area (Å²) in [5.74, 6) is 0.116. The van der Waals surface area contributed by atoms with Crippen molar-refractivity contribution in [1.82, 2.24) is 5.32 Å². The third-order valence-electron chi connectivity index (χ3n) is 3.08. The molecule has 0 fully saturated rings. The van der Waals surface area contributed by atoms with Crippen molar-refractivity contribution < 1.29 is 18.7 Å². The van der Waals surface area contributed by atoms with E-state index in [-0.39, 0.29) is 11.8 Å². The van der Waals surface area contributed by atoms with Crippen LogP contribution in [0.4, 0.5) is 4.39 Å². The van der Waals surface area contributed by atoms with Gasteiger partial charge in [0.2, 0.25) is 6.41 Å². The van der Waals surface area contributed by atoms with Crippen molar-refractivity contribution in [2.24, 2.45) is 5.92 Å². The number of halogens is 1. The van der Waals surface area contributed by atoms with E-state index in [1.54, 1.807) is 19.2 Å². The highest BCUT2D eigenvalue weighted by atomic mass is 19.1. The number of benzene rings is 1. The van der Waals surface area contributed by atoms with Crippen molar-refractivity contribution in [3.8, 4) is 5.75 Å². The molecule has 0 aliphatic carbocycles. The van der Waals surface area contributed by atoms with Crippen molar-refractivity contribution in [3.63, 3.8) is 0 Å². The molecule has 0 aliphatic rings. The lowest BCUT2D eigenvalue weighted by molar-refractivity contribution is -0.110. The van der Waals surface area contributed by atoms with E-state index in [2.05, 4.69) is 5.32 Å². The van der Waals surface area contributed by atoms with Crippen LogP contribution in [-0.4, -0.2) is 32.8 Å². The molecule has 0 saturated heterocycles. The lowest BCUT2D eigenvalue weighted by Gasteiger charge is -2.20. The van der Waals surface area contributed by atoms with Crippen LogP contribution in [-0.2, 0) is 16.0 Å². The van der Waals surface area contributed by atoms with Crippen molar-refractivity contribution in [2.45, 2.75) is 26.3 Å². The van der Waals surface area contributed by atoms with Crippen LogP contribution in [0.2, 0.25) is 0 Å². The molecule has 0 radical (unpaired) electrons. The van der Waals surface area contributed by atoms with Crippen LogP contribution in [0, 0.1) is 11.7 Å². The first kappa shape index (κ1) is 16.4. The van der Waals surface area contributed by atoms with E-state index in [9.17, 15) is 9.18 Å². The number of carbonyl (C=O) groups excluding carboxylic acids is 1. The zero-order valence-corrected chi connectivity index (χ0v) is 12.2. The molecule has 1 aromatic carbocycles. The van der Waals surface area contributed by atoms with Gasteiger partial charge in [-0.05, 0) is 30.0 Å². The minimum atomic E-state index is -0.394. The topological polar surface area (TPSA) is 47.6 Å². The van der Waals surface area contributed by atoms with Crippen LogP contribution >= 0.6 is 0 Å². The molecule has 112 valence electrons. The highest BCUT2D eigenvalue weighted by Crippen LogP contribution is 2.21. The molecular weight excluding hydrogens is 261 g/mol. The van der Waals surface area contributed by atoms with Crippen LogP contribution in [0.5, 0.6) is 5.75 Å². The Kier molecular flexibility index (Phi) is 7.01. The van der Waals surface area contributed by atoms with Crippen LogP contribution in [0.1, 0.15) is 19.4 Å². The second kappa shape index (κ2) is 8.53. The highest BCUT2D eigenvalue weighted by molar-refractivity contribution is 5.47. The largest absolute Gasteiger partial charge is 0.488 e. The zero-order valence-electron chi connectivity index (χ0n) is 12.2. The number of nitrogens with one attached hydrogen (secondary N) is 1. The molecule has 0 aromatic heterocycles. The molecule has 1 N–H and O–H groups in total. The minimum Gasteiger partial charge on any atom is -0.488 e. The van der Waals surface area contributed by atoms with Gasteiger partial charge in [-0.2, -0.15) is 0 Å². The van der Waals surface area contributed by atoms with Gasteiger partial charge < -0.3 is 14.8 Å². The predicted octanol–water partition coefficient (Wildman–Crippen LogP) is 2.16. The Labute approximate surface area is 119 Å². The first-order chi connectivity index (χ1) is 9.58. The van der Waals surface area contributed by atoms with Gasteiger partial charge in [0.1, 0.15) is 6.61 Å². The highest BCUT2D eigenvalue weighted by Gasteiger charge is 2.14. The second-order valence-corrected chi connectivity index (χ2v) is 4.95. The van der Waals surface area contributed by atoms with Crippen LogP contribution in [0.25, 0.3) is 0 Å². The Hall–Kier alpha value is -1.62. The first-order valence-corrected chi connectivity index (χ1v) is 6.68. The van der Waals surface area contributed by atoms with Crippen molar-refractivity contribution >= 4 is 6.41 Å². The molecule has 0 saturated carbocycles. The van der Waals surface area contributed by atoms with E-state index in [1.807, 2.05) is 13.8 Å². The van der Waals surface area contributed by atoms with Crippen molar-refractivity contribution in [1.29, 1.82) is 0 Å². The van der Waals surface area contributed by atoms with Gasteiger partial charge in [0.25, 0.3) is 0 Å². The molecular formula is C15H22FNO3. The van der Waals surface area contributed by atoms with Crippen molar-refractivity contribution in [3.05, 3.63) is 29.6 Å². The summed E-state index contributed by atoms with van der Waals surface area (Å²) in [7, 11) is 1.56. The molecule has 20 heavy (non-hydrogen) atoms. The smallest absolute Gasteiger partial charge is 0.207 e. The van der Waals surface area contributed by atoms with E-state index < -0.39 is 5.82 Å². The fourth-order valence-corrected chi connectivity index (χ4v) is 1.85. The van der Waals surface area contributed by atoms with Gasteiger partial charge in [0, 0.05) is 13.2 Å². The summed E-state index contributed by atoms with van der Waals surface area (Å²) in [5.41, 5.74) is 0.923. The standard InChI is InChI=1S/C15H22FNO3/c1-11(2)14(17-10-18)8-12-4-5-13(16)15(9-12)20-7-6-19-3/h4-5,9-11,14H,6-8H2,1-3H3,(H,17,18)/t14-/m1/s1. The van der Waals surface area contributed by atoms with Gasteiger partial charge in [0.15, 0.2) is 11.6 Å². The summed E-state index contributed by atoms with van der Waals surface area (Å²) >= 11 is 0. The summed E-state index contributed by atoms with van der Waals surface area (Å²) in [6, 6.07) is 4.79. The van der Waals surface area contributed by atoms with Crippen LogP contribution in [0.3, 0.4) is 0 Å². The van der Waals surface area contributed by atoms with Crippen LogP contribution in [0.15, 0.2) is 18.2 Å². The Morgan fingerprint density at radius 1 is 1.35 bits per heavy atom. The minimum absolute atomic E-state index is 0.0183.